The maximum atomic E-state index is 5.55. The van der Waals surface area contributed by atoms with Crippen molar-refractivity contribution in [2.75, 3.05) is 6.54 Å². The second-order valence-corrected chi connectivity index (χ2v) is 4.40. The van der Waals surface area contributed by atoms with Gasteiger partial charge in [-0.05, 0) is 17.0 Å². The van der Waals surface area contributed by atoms with Crippen molar-refractivity contribution in [3.63, 3.8) is 0 Å². The van der Waals surface area contributed by atoms with Crippen LogP contribution in [0.25, 0.3) is 10.6 Å². The van der Waals surface area contributed by atoms with Gasteiger partial charge >= 0.3 is 0 Å². The third-order valence-electron chi connectivity index (χ3n) is 2.60. The lowest BCUT2D eigenvalue weighted by atomic mass is 10.2. The van der Waals surface area contributed by atoms with Gasteiger partial charge in [0.1, 0.15) is 0 Å². The van der Waals surface area contributed by atoms with Crippen LogP contribution in [-0.4, -0.2) is 16.3 Å². The van der Waals surface area contributed by atoms with E-state index in [1.54, 1.807) is 11.3 Å². The summed E-state index contributed by atoms with van der Waals surface area (Å²) in [6, 6.07) is 2.20. The summed E-state index contributed by atoms with van der Waals surface area (Å²) in [6.07, 6.45) is 3.01. The number of fused-ring (bicyclic) bond motifs is 3. The highest BCUT2D eigenvalue weighted by molar-refractivity contribution is 7.13. The lowest BCUT2D eigenvalue weighted by Crippen LogP contribution is -2.11. The zero-order valence-electron chi connectivity index (χ0n) is 8.14. The molecule has 15 heavy (non-hydrogen) atoms. The van der Waals surface area contributed by atoms with Gasteiger partial charge in [-0.15, -0.1) is 23.7 Å². The Bertz CT molecular complexity index is 475. The molecule has 2 aromatic rings. The van der Waals surface area contributed by atoms with Crippen LogP contribution in [-0.2, 0) is 13.0 Å². The normalized spacial score (nSPS) is 12.1. The molecule has 0 aromatic carbocycles. The van der Waals surface area contributed by atoms with Crippen molar-refractivity contribution in [2.24, 2.45) is 5.73 Å². The Morgan fingerprint density at radius 2 is 2.33 bits per heavy atom. The molecule has 0 aliphatic heterocycles. The Morgan fingerprint density at radius 3 is 3.13 bits per heavy atom. The quantitative estimate of drug-likeness (QED) is 0.745. The second kappa shape index (κ2) is 3.96. The molecular formula is C10H12ClN3S. The van der Waals surface area contributed by atoms with E-state index in [4.69, 9.17) is 5.73 Å². The highest BCUT2D eigenvalue weighted by Gasteiger charge is 2.23. The molecule has 3 nitrogen and oxygen atoms in total. The predicted molar refractivity (Wildman–Crippen MR) is 64.6 cm³/mol. The number of rotatable bonds is 2. The number of halogens is 1. The van der Waals surface area contributed by atoms with Gasteiger partial charge in [0, 0.05) is 18.5 Å². The topological polar surface area (TPSA) is 43.8 Å². The van der Waals surface area contributed by atoms with Gasteiger partial charge in [0.2, 0.25) is 0 Å². The van der Waals surface area contributed by atoms with Gasteiger partial charge < -0.3 is 5.73 Å². The molecule has 5 heteroatoms. The molecule has 0 amide bonds. The highest BCUT2D eigenvalue weighted by atomic mass is 35.5. The van der Waals surface area contributed by atoms with E-state index < -0.39 is 0 Å². The average Bonchev–Trinajstić information content (AvgIpc) is 2.77. The summed E-state index contributed by atoms with van der Waals surface area (Å²) in [5, 5.41) is 6.50. The smallest absolute Gasteiger partial charge is 0.0820 e. The predicted octanol–water partition coefficient (Wildman–Crippen LogP) is 1.90. The molecule has 0 atom stereocenters. The monoisotopic (exact) mass is 241 g/mol. The number of nitrogens with two attached hydrogens (primary N) is 1. The van der Waals surface area contributed by atoms with Crippen LogP contribution in [0.3, 0.4) is 0 Å². The number of hydrogen-bond donors (Lipinski definition) is 1. The molecule has 0 spiro atoms. The first-order valence-corrected chi connectivity index (χ1v) is 5.59. The van der Waals surface area contributed by atoms with Gasteiger partial charge in [-0.2, -0.15) is 5.10 Å². The van der Waals surface area contributed by atoms with Gasteiger partial charge in [0.05, 0.1) is 23.3 Å². The second-order valence-electron chi connectivity index (χ2n) is 3.48. The van der Waals surface area contributed by atoms with Crippen LogP contribution in [0.15, 0.2) is 17.6 Å². The first kappa shape index (κ1) is 10.7. The minimum absolute atomic E-state index is 0. The molecule has 2 N–H and O–H groups in total. The Morgan fingerprint density at radius 1 is 1.47 bits per heavy atom. The van der Waals surface area contributed by atoms with E-state index in [0.717, 1.165) is 13.0 Å². The van der Waals surface area contributed by atoms with E-state index >= 15 is 0 Å². The fraction of sp³-hybridized carbons (Fsp3) is 0.300. The van der Waals surface area contributed by atoms with Crippen LogP contribution in [0, 0.1) is 0 Å². The summed E-state index contributed by atoms with van der Waals surface area (Å²) in [6.45, 7) is 1.46. The van der Waals surface area contributed by atoms with Crippen LogP contribution in [0.4, 0.5) is 0 Å². The van der Waals surface area contributed by atoms with Crippen molar-refractivity contribution in [1.82, 2.24) is 9.78 Å². The number of thiophene rings is 1. The maximum Gasteiger partial charge on any atom is 0.0820 e. The molecule has 0 saturated heterocycles. The van der Waals surface area contributed by atoms with Crippen LogP contribution < -0.4 is 5.73 Å². The minimum Gasteiger partial charge on any atom is -0.329 e. The molecule has 3 rings (SSSR count). The van der Waals surface area contributed by atoms with Crippen molar-refractivity contribution in [3.05, 3.63) is 28.8 Å². The Hall–Kier alpha value is -0.840. The molecule has 1 aliphatic rings. The zero-order chi connectivity index (χ0) is 9.54. The minimum atomic E-state index is 0. The lowest BCUT2D eigenvalue weighted by Gasteiger charge is -2.02. The largest absolute Gasteiger partial charge is 0.329 e. The molecule has 0 radical (unpaired) electrons. The SMILES string of the molecule is Cl.NCCn1ncc2c1-c1sccc1C2. The Balaban J connectivity index is 0.000000853. The standard InChI is InChI=1S/C10H11N3S.ClH/c11-2-3-13-9-8(6-12-13)5-7-1-4-14-10(7)9;/h1,4,6H,2-3,5,11H2;1H. The van der Waals surface area contributed by atoms with Crippen molar-refractivity contribution in [1.29, 1.82) is 0 Å². The van der Waals surface area contributed by atoms with Gasteiger partial charge in [-0.3, -0.25) is 4.68 Å². The molecule has 0 unspecified atom stereocenters. The summed E-state index contributed by atoms with van der Waals surface area (Å²) in [4.78, 5) is 1.38. The number of hydrogen-bond acceptors (Lipinski definition) is 3. The first-order valence-electron chi connectivity index (χ1n) is 4.71. The van der Waals surface area contributed by atoms with Gasteiger partial charge in [0.15, 0.2) is 0 Å². The lowest BCUT2D eigenvalue weighted by molar-refractivity contribution is 0.632. The molecule has 0 saturated carbocycles. The van der Waals surface area contributed by atoms with E-state index in [1.165, 1.54) is 21.7 Å². The van der Waals surface area contributed by atoms with E-state index in [9.17, 15) is 0 Å². The maximum absolute atomic E-state index is 5.55. The zero-order valence-corrected chi connectivity index (χ0v) is 9.77. The van der Waals surface area contributed by atoms with Crippen LogP contribution in [0.1, 0.15) is 11.1 Å². The fourth-order valence-electron chi connectivity index (χ4n) is 2.00. The number of aromatic nitrogens is 2. The third kappa shape index (κ3) is 1.49. The van der Waals surface area contributed by atoms with Crippen molar-refractivity contribution in [2.45, 2.75) is 13.0 Å². The summed E-state index contributed by atoms with van der Waals surface area (Å²) in [5.74, 6) is 0. The average molecular weight is 242 g/mol. The fourth-order valence-corrected chi connectivity index (χ4v) is 3.00. The van der Waals surface area contributed by atoms with Gasteiger partial charge in [-0.1, -0.05) is 0 Å². The molecule has 0 fully saturated rings. The molecular weight excluding hydrogens is 230 g/mol. The van der Waals surface area contributed by atoms with Crippen LogP contribution in [0.2, 0.25) is 0 Å². The van der Waals surface area contributed by atoms with E-state index in [1.807, 2.05) is 10.9 Å². The number of nitrogens with zero attached hydrogens (tertiary/aromatic N) is 2. The molecule has 0 bridgehead atoms. The van der Waals surface area contributed by atoms with E-state index in [0.29, 0.717) is 6.54 Å². The van der Waals surface area contributed by atoms with Crippen molar-refractivity contribution in [3.8, 4) is 10.6 Å². The summed E-state index contributed by atoms with van der Waals surface area (Å²) >= 11 is 1.80. The first-order chi connectivity index (χ1) is 6.90. The third-order valence-corrected chi connectivity index (χ3v) is 3.56. The summed E-state index contributed by atoms with van der Waals surface area (Å²) in [5.41, 5.74) is 9.63. The van der Waals surface area contributed by atoms with Crippen molar-refractivity contribution >= 4 is 23.7 Å². The van der Waals surface area contributed by atoms with Crippen molar-refractivity contribution < 1.29 is 0 Å². The van der Waals surface area contributed by atoms with E-state index in [2.05, 4.69) is 16.5 Å². The van der Waals surface area contributed by atoms with Crippen LogP contribution >= 0.6 is 23.7 Å². The Kier molecular flexibility index (Phi) is 2.82. The molecule has 2 aromatic heterocycles. The van der Waals surface area contributed by atoms with E-state index in [-0.39, 0.29) is 12.4 Å². The highest BCUT2D eigenvalue weighted by Crippen LogP contribution is 2.39. The molecule has 2 heterocycles. The van der Waals surface area contributed by atoms with Gasteiger partial charge in [-0.25, -0.2) is 0 Å². The molecule has 1 aliphatic carbocycles. The Labute approximate surface area is 98.3 Å². The van der Waals surface area contributed by atoms with Crippen LogP contribution in [0.5, 0.6) is 0 Å². The molecule has 80 valence electrons. The van der Waals surface area contributed by atoms with Gasteiger partial charge in [0.25, 0.3) is 0 Å². The summed E-state index contributed by atoms with van der Waals surface area (Å²) < 4.78 is 2.03. The summed E-state index contributed by atoms with van der Waals surface area (Å²) in [7, 11) is 0.